The van der Waals surface area contributed by atoms with Crippen molar-refractivity contribution in [3.05, 3.63) is 28.8 Å². The summed E-state index contributed by atoms with van der Waals surface area (Å²) in [6.07, 6.45) is 1.98. The second kappa shape index (κ2) is 5.76. The second-order valence-electron chi connectivity index (χ2n) is 4.08. The summed E-state index contributed by atoms with van der Waals surface area (Å²) in [5.74, 6) is 0.472. The van der Waals surface area contributed by atoms with Gasteiger partial charge in [0.05, 0.1) is 10.6 Å². The topological polar surface area (TPSA) is 41.1 Å². The first-order chi connectivity index (χ1) is 8.20. The zero-order chi connectivity index (χ0) is 12.3. The summed E-state index contributed by atoms with van der Waals surface area (Å²) >= 11 is 7.63. The van der Waals surface area contributed by atoms with E-state index in [2.05, 4.69) is 10.6 Å². The molecule has 3 nitrogen and oxygen atoms in total. The number of carbonyl (C=O) groups excluding carboxylic acids is 1. The van der Waals surface area contributed by atoms with Gasteiger partial charge in [-0.2, -0.15) is 0 Å². The van der Waals surface area contributed by atoms with Gasteiger partial charge in [0.2, 0.25) is 0 Å². The van der Waals surface area contributed by atoms with Crippen molar-refractivity contribution in [2.45, 2.75) is 4.90 Å². The molecule has 2 rings (SSSR count). The Morgan fingerprint density at radius 1 is 1.59 bits per heavy atom. The van der Waals surface area contributed by atoms with Crippen LogP contribution in [0.2, 0.25) is 5.02 Å². The Morgan fingerprint density at radius 3 is 2.94 bits per heavy atom. The van der Waals surface area contributed by atoms with Crippen LogP contribution in [-0.2, 0) is 0 Å². The number of hydrogen-bond donors (Lipinski definition) is 2. The fraction of sp³-hybridized carbons (Fsp3) is 0.417. The van der Waals surface area contributed by atoms with E-state index in [0.29, 0.717) is 23.0 Å². The van der Waals surface area contributed by atoms with E-state index in [-0.39, 0.29) is 5.91 Å². The summed E-state index contributed by atoms with van der Waals surface area (Å²) in [5, 5.41) is 6.60. The second-order valence-corrected chi connectivity index (χ2v) is 5.37. The molecular formula is C12H15ClN2OS. The van der Waals surface area contributed by atoms with Crippen molar-refractivity contribution in [3.8, 4) is 0 Å². The lowest BCUT2D eigenvalue weighted by Crippen LogP contribution is -2.48. The molecule has 0 atom stereocenters. The van der Waals surface area contributed by atoms with Crippen molar-refractivity contribution in [1.82, 2.24) is 10.6 Å². The highest BCUT2D eigenvalue weighted by Crippen LogP contribution is 2.22. The Kier molecular flexibility index (Phi) is 4.31. The van der Waals surface area contributed by atoms with E-state index in [4.69, 9.17) is 11.6 Å². The van der Waals surface area contributed by atoms with E-state index < -0.39 is 0 Å². The van der Waals surface area contributed by atoms with Gasteiger partial charge in [0.15, 0.2) is 0 Å². The molecule has 1 fully saturated rings. The Morgan fingerprint density at radius 2 is 2.35 bits per heavy atom. The molecule has 1 saturated heterocycles. The van der Waals surface area contributed by atoms with Crippen LogP contribution in [0.15, 0.2) is 23.1 Å². The Balaban J connectivity index is 2.01. The molecule has 0 aliphatic carbocycles. The third-order valence-electron chi connectivity index (χ3n) is 2.84. The maximum Gasteiger partial charge on any atom is 0.252 e. The lowest BCUT2D eigenvalue weighted by atomic mass is 10.0. The number of hydrogen-bond acceptors (Lipinski definition) is 3. The lowest BCUT2D eigenvalue weighted by Gasteiger charge is -2.27. The first-order valence-corrected chi connectivity index (χ1v) is 7.13. The minimum absolute atomic E-state index is 0.0854. The van der Waals surface area contributed by atoms with Gasteiger partial charge in [-0.25, -0.2) is 0 Å². The number of thioether (sulfide) groups is 1. The Bertz CT molecular complexity index is 421. The molecule has 0 saturated carbocycles. The predicted molar refractivity (Wildman–Crippen MR) is 71.9 cm³/mol. The molecule has 0 aromatic heterocycles. The Hall–Kier alpha value is -0.710. The average molecular weight is 271 g/mol. The molecule has 17 heavy (non-hydrogen) atoms. The van der Waals surface area contributed by atoms with Gasteiger partial charge in [-0.15, -0.1) is 11.8 Å². The number of nitrogens with one attached hydrogen (secondary N) is 2. The van der Waals surface area contributed by atoms with Crippen LogP contribution < -0.4 is 10.6 Å². The van der Waals surface area contributed by atoms with Crippen LogP contribution in [0.3, 0.4) is 0 Å². The maximum absolute atomic E-state index is 12.0. The SMILES string of the molecule is CSc1ccc(Cl)c(C(=O)NCC2CNC2)c1. The van der Waals surface area contributed by atoms with E-state index in [1.165, 1.54) is 0 Å². The van der Waals surface area contributed by atoms with Crippen LogP contribution in [0, 0.1) is 5.92 Å². The fourth-order valence-corrected chi connectivity index (χ4v) is 2.27. The number of halogens is 1. The van der Waals surface area contributed by atoms with Gasteiger partial charge in [-0.3, -0.25) is 4.79 Å². The van der Waals surface area contributed by atoms with E-state index >= 15 is 0 Å². The number of rotatable bonds is 4. The van der Waals surface area contributed by atoms with Crippen LogP contribution in [-0.4, -0.2) is 31.8 Å². The number of carbonyl (C=O) groups is 1. The van der Waals surface area contributed by atoms with E-state index in [9.17, 15) is 4.79 Å². The third kappa shape index (κ3) is 3.15. The van der Waals surface area contributed by atoms with E-state index in [1.807, 2.05) is 18.4 Å². The van der Waals surface area contributed by atoms with Gasteiger partial charge >= 0.3 is 0 Å². The van der Waals surface area contributed by atoms with Gasteiger partial charge < -0.3 is 10.6 Å². The smallest absolute Gasteiger partial charge is 0.252 e. The molecule has 1 amide bonds. The molecule has 1 heterocycles. The highest BCUT2D eigenvalue weighted by molar-refractivity contribution is 7.98. The average Bonchev–Trinajstić information content (AvgIpc) is 2.27. The van der Waals surface area contributed by atoms with Crippen LogP contribution in [0.25, 0.3) is 0 Å². The Labute approximate surface area is 110 Å². The molecular weight excluding hydrogens is 256 g/mol. The van der Waals surface area contributed by atoms with Crippen molar-refractivity contribution >= 4 is 29.3 Å². The first-order valence-electron chi connectivity index (χ1n) is 5.53. The summed E-state index contributed by atoms with van der Waals surface area (Å²) in [6, 6.07) is 5.52. The van der Waals surface area contributed by atoms with Gasteiger partial charge in [0.1, 0.15) is 0 Å². The molecule has 0 unspecified atom stereocenters. The van der Waals surface area contributed by atoms with Gasteiger partial charge in [-0.05, 0) is 24.5 Å². The maximum atomic E-state index is 12.0. The highest BCUT2D eigenvalue weighted by atomic mass is 35.5. The zero-order valence-electron chi connectivity index (χ0n) is 9.63. The molecule has 1 aliphatic rings. The minimum atomic E-state index is -0.0854. The summed E-state index contributed by atoms with van der Waals surface area (Å²) < 4.78 is 0. The summed E-state index contributed by atoms with van der Waals surface area (Å²) in [7, 11) is 0. The van der Waals surface area contributed by atoms with Crippen molar-refractivity contribution in [1.29, 1.82) is 0 Å². The molecule has 2 N–H and O–H groups in total. The lowest BCUT2D eigenvalue weighted by molar-refractivity contribution is 0.0942. The van der Waals surface area contributed by atoms with Gasteiger partial charge in [0, 0.05) is 30.4 Å². The highest BCUT2D eigenvalue weighted by Gasteiger charge is 2.18. The monoisotopic (exact) mass is 270 g/mol. The van der Waals surface area contributed by atoms with Gasteiger partial charge in [0.25, 0.3) is 5.91 Å². The number of amides is 1. The fourth-order valence-electron chi connectivity index (χ4n) is 1.63. The summed E-state index contributed by atoms with van der Waals surface area (Å²) in [6.45, 7) is 2.68. The molecule has 0 bridgehead atoms. The van der Waals surface area contributed by atoms with Crippen molar-refractivity contribution < 1.29 is 4.79 Å². The molecule has 1 aromatic carbocycles. The summed E-state index contributed by atoms with van der Waals surface area (Å²) in [4.78, 5) is 13.0. The first kappa shape index (κ1) is 12.7. The third-order valence-corrected chi connectivity index (χ3v) is 3.89. The normalized spacial score (nSPS) is 15.4. The standard InChI is InChI=1S/C12H15ClN2OS/c1-17-9-2-3-11(13)10(4-9)12(16)15-7-8-5-14-6-8/h2-4,8,14H,5-7H2,1H3,(H,15,16). The van der Waals surface area contributed by atoms with E-state index in [0.717, 1.165) is 18.0 Å². The predicted octanol–water partition coefficient (Wildman–Crippen LogP) is 2.01. The largest absolute Gasteiger partial charge is 0.352 e. The molecule has 0 spiro atoms. The molecule has 1 aromatic rings. The minimum Gasteiger partial charge on any atom is -0.352 e. The summed E-state index contributed by atoms with van der Waals surface area (Å²) in [5.41, 5.74) is 0.561. The molecule has 5 heteroatoms. The van der Waals surface area contributed by atoms with Crippen LogP contribution >= 0.6 is 23.4 Å². The van der Waals surface area contributed by atoms with Crippen LogP contribution in [0.1, 0.15) is 10.4 Å². The van der Waals surface area contributed by atoms with Crippen LogP contribution in [0.4, 0.5) is 0 Å². The zero-order valence-corrected chi connectivity index (χ0v) is 11.2. The number of benzene rings is 1. The van der Waals surface area contributed by atoms with Gasteiger partial charge in [-0.1, -0.05) is 11.6 Å². The van der Waals surface area contributed by atoms with Crippen molar-refractivity contribution in [2.24, 2.45) is 5.92 Å². The quantitative estimate of drug-likeness (QED) is 0.823. The molecule has 1 aliphatic heterocycles. The molecule has 0 radical (unpaired) electrons. The molecule has 92 valence electrons. The van der Waals surface area contributed by atoms with Crippen LogP contribution in [0.5, 0.6) is 0 Å². The van der Waals surface area contributed by atoms with Crippen molar-refractivity contribution in [2.75, 3.05) is 25.9 Å². The van der Waals surface area contributed by atoms with E-state index in [1.54, 1.807) is 17.8 Å². The van der Waals surface area contributed by atoms with Crippen molar-refractivity contribution in [3.63, 3.8) is 0 Å².